The first-order valence-electron chi connectivity index (χ1n) is 4.61. The van der Waals surface area contributed by atoms with Gasteiger partial charge in [-0.15, -0.1) is 11.8 Å². The Kier molecular flexibility index (Phi) is 4.15. The van der Waals surface area contributed by atoms with Gasteiger partial charge in [-0.3, -0.25) is 0 Å². The Morgan fingerprint density at radius 3 is 2.25 bits per heavy atom. The summed E-state index contributed by atoms with van der Waals surface area (Å²) in [5.41, 5.74) is 0. The number of alkyl halides is 2. The van der Waals surface area contributed by atoms with Gasteiger partial charge in [-0.25, -0.2) is 8.42 Å². The quantitative estimate of drug-likeness (QED) is 0.774. The normalized spacial score (nSPS) is 21.9. The molecule has 0 spiro atoms. The van der Waals surface area contributed by atoms with Crippen molar-refractivity contribution in [2.75, 3.05) is 19.3 Å². The lowest BCUT2D eigenvalue weighted by Crippen LogP contribution is -2.46. The summed E-state index contributed by atoms with van der Waals surface area (Å²) in [6, 6.07) is 2.12. The van der Waals surface area contributed by atoms with Gasteiger partial charge < -0.3 is 0 Å². The summed E-state index contributed by atoms with van der Waals surface area (Å²) in [6.07, 6.45) is 2.34. The van der Waals surface area contributed by atoms with E-state index in [1.807, 2.05) is 0 Å². The minimum atomic E-state index is -4.49. The highest BCUT2D eigenvalue weighted by molar-refractivity contribution is 8.00. The Morgan fingerprint density at radius 1 is 1.44 bits per heavy atom. The number of piperidine rings is 1. The van der Waals surface area contributed by atoms with Gasteiger partial charge in [0.1, 0.15) is 4.75 Å². The molecule has 92 valence electrons. The maximum atomic E-state index is 12.3. The molecule has 4 nitrogen and oxygen atoms in total. The van der Waals surface area contributed by atoms with E-state index in [2.05, 4.69) is 6.07 Å². The number of thioether (sulfide) groups is 1. The largest absolute Gasteiger partial charge is 0.350 e. The standard InChI is InChI=1S/C8H12F2N2O2S2/c1-15-8(6-11)2-4-12(5-3-8)16(13,14)7(9)10/h7H,2-5H2,1H3. The van der Waals surface area contributed by atoms with Gasteiger partial charge in [-0.1, -0.05) is 0 Å². The van der Waals surface area contributed by atoms with Gasteiger partial charge in [0, 0.05) is 13.1 Å². The van der Waals surface area contributed by atoms with E-state index in [0.29, 0.717) is 0 Å². The fourth-order valence-corrected chi connectivity index (χ4v) is 3.18. The molecular weight excluding hydrogens is 258 g/mol. The van der Waals surface area contributed by atoms with Gasteiger partial charge in [0.25, 0.3) is 10.0 Å². The van der Waals surface area contributed by atoms with Crippen LogP contribution >= 0.6 is 11.8 Å². The first kappa shape index (κ1) is 13.7. The minimum Gasteiger partial charge on any atom is -0.206 e. The lowest BCUT2D eigenvalue weighted by atomic mass is 9.99. The summed E-state index contributed by atoms with van der Waals surface area (Å²) in [5, 5.41) is 8.95. The van der Waals surface area contributed by atoms with E-state index in [1.54, 1.807) is 6.26 Å². The summed E-state index contributed by atoms with van der Waals surface area (Å²) in [4.78, 5) is 0. The van der Waals surface area contributed by atoms with Crippen molar-refractivity contribution in [2.45, 2.75) is 23.3 Å². The van der Waals surface area contributed by atoms with Crippen LogP contribution in [0.1, 0.15) is 12.8 Å². The fraction of sp³-hybridized carbons (Fsp3) is 0.875. The monoisotopic (exact) mass is 270 g/mol. The van der Waals surface area contributed by atoms with Crippen LogP contribution in [0.25, 0.3) is 0 Å². The highest BCUT2D eigenvalue weighted by Gasteiger charge is 2.40. The van der Waals surface area contributed by atoms with Crippen LogP contribution in [0.5, 0.6) is 0 Å². The summed E-state index contributed by atoms with van der Waals surface area (Å²) in [7, 11) is -4.49. The van der Waals surface area contributed by atoms with Crippen LogP contribution in [0.3, 0.4) is 0 Å². The Labute approximate surface area is 97.7 Å². The van der Waals surface area contributed by atoms with Gasteiger partial charge in [0.05, 0.1) is 6.07 Å². The van der Waals surface area contributed by atoms with Crippen molar-refractivity contribution in [2.24, 2.45) is 0 Å². The van der Waals surface area contributed by atoms with E-state index in [1.165, 1.54) is 11.8 Å². The molecule has 0 unspecified atom stereocenters. The SMILES string of the molecule is CSC1(C#N)CCN(S(=O)(=O)C(F)F)CC1. The number of nitrogens with zero attached hydrogens (tertiary/aromatic N) is 2. The lowest BCUT2D eigenvalue weighted by molar-refractivity contribution is 0.211. The Hall–Kier alpha value is -0.390. The van der Waals surface area contributed by atoms with Crippen LogP contribution in [0.15, 0.2) is 0 Å². The van der Waals surface area contributed by atoms with Crippen molar-refractivity contribution < 1.29 is 17.2 Å². The van der Waals surface area contributed by atoms with Crippen molar-refractivity contribution in [3.63, 3.8) is 0 Å². The molecule has 0 bridgehead atoms. The molecular formula is C8H12F2N2O2S2. The molecule has 0 aromatic heterocycles. The fourth-order valence-electron chi connectivity index (χ4n) is 1.58. The molecule has 0 aliphatic carbocycles. The predicted molar refractivity (Wildman–Crippen MR) is 57.6 cm³/mol. The molecule has 1 aliphatic heterocycles. The molecule has 0 aromatic rings. The highest BCUT2D eigenvalue weighted by Crippen LogP contribution is 2.35. The van der Waals surface area contributed by atoms with Crippen LogP contribution in [0, 0.1) is 11.3 Å². The molecule has 1 fully saturated rings. The molecule has 16 heavy (non-hydrogen) atoms. The summed E-state index contributed by atoms with van der Waals surface area (Å²) in [5.74, 6) is -3.38. The van der Waals surface area contributed by atoms with E-state index in [0.717, 1.165) is 4.31 Å². The molecule has 1 saturated heterocycles. The van der Waals surface area contributed by atoms with Crippen LogP contribution in [0.4, 0.5) is 8.78 Å². The molecule has 0 aromatic carbocycles. The van der Waals surface area contributed by atoms with E-state index >= 15 is 0 Å². The topological polar surface area (TPSA) is 61.2 Å². The molecule has 0 N–H and O–H groups in total. The Balaban J connectivity index is 2.74. The molecule has 0 atom stereocenters. The summed E-state index contributed by atoms with van der Waals surface area (Å²) in [6.45, 7) is -0.0256. The summed E-state index contributed by atoms with van der Waals surface area (Å²) >= 11 is 1.34. The zero-order valence-electron chi connectivity index (χ0n) is 8.69. The van der Waals surface area contributed by atoms with Crippen LogP contribution in [-0.2, 0) is 10.0 Å². The van der Waals surface area contributed by atoms with Crippen molar-refractivity contribution in [3.8, 4) is 6.07 Å². The van der Waals surface area contributed by atoms with Gasteiger partial charge in [-0.2, -0.15) is 18.3 Å². The Morgan fingerprint density at radius 2 is 1.94 bits per heavy atom. The molecule has 8 heteroatoms. The molecule has 0 amide bonds. The van der Waals surface area contributed by atoms with E-state index in [4.69, 9.17) is 5.26 Å². The average molecular weight is 270 g/mol. The number of hydrogen-bond donors (Lipinski definition) is 0. The maximum absolute atomic E-state index is 12.3. The zero-order chi connectivity index (χ0) is 12.4. The molecule has 0 radical (unpaired) electrons. The van der Waals surface area contributed by atoms with E-state index in [-0.39, 0.29) is 25.9 Å². The van der Waals surface area contributed by atoms with Crippen molar-refractivity contribution in [1.82, 2.24) is 4.31 Å². The third kappa shape index (κ3) is 2.47. The van der Waals surface area contributed by atoms with Gasteiger partial charge in [0.2, 0.25) is 0 Å². The Bertz CT molecular complexity index is 383. The second kappa shape index (κ2) is 4.85. The zero-order valence-corrected chi connectivity index (χ0v) is 10.3. The van der Waals surface area contributed by atoms with Gasteiger partial charge in [0.15, 0.2) is 0 Å². The maximum Gasteiger partial charge on any atom is 0.350 e. The lowest BCUT2D eigenvalue weighted by Gasteiger charge is -2.35. The second-order valence-corrected chi connectivity index (χ2v) is 6.61. The number of rotatable bonds is 3. The van der Waals surface area contributed by atoms with Crippen LogP contribution < -0.4 is 0 Å². The number of halogens is 2. The minimum absolute atomic E-state index is 0.0128. The second-order valence-electron chi connectivity index (χ2n) is 3.51. The third-order valence-electron chi connectivity index (χ3n) is 2.71. The molecule has 0 saturated carbocycles. The summed E-state index contributed by atoms with van der Waals surface area (Å²) < 4.78 is 47.0. The smallest absolute Gasteiger partial charge is 0.206 e. The molecule has 1 heterocycles. The van der Waals surface area contributed by atoms with E-state index in [9.17, 15) is 17.2 Å². The van der Waals surface area contributed by atoms with Crippen molar-refractivity contribution in [1.29, 1.82) is 5.26 Å². The predicted octanol–water partition coefficient (Wildman–Crippen LogP) is 1.26. The third-order valence-corrected chi connectivity index (χ3v) is 5.53. The number of sulfonamides is 1. The number of hydrogen-bond acceptors (Lipinski definition) is 4. The molecule has 1 rings (SSSR count). The van der Waals surface area contributed by atoms with Gasteiger partial charge >= 0.3 is 5.76 Å². The molecule has 1 aliphatic rings. The number of nitriles is 1. The highest BCUT2D eigenvalue weighted by atomic mass is 32.2. The van der Waals surface area contributed by atoms with Crippen molar-refractivity contribution in [3.05, 3.63) is 0 Å². The average Bonchev–Trinajstić information content (AvgIpc) is 2.29. The van der Waals surface area contributed by atoms with Crippen LogP contribution in [0.2, 0.25) is 0 Å². The first-order chi connectivity index (χ1) is 7.38. The van der Waals surface area contributed by atoms with Gasteiger partial charge in [-0.05, 0) is 19.1 Å². The van der Waals surface area contributed by atoms with Crippen LogP contribution in [-0.4, -0.2) is 42.6 Å². The van der Waals surface area contributed by atoms with Crippen molar-refractivity contribution >= 4 is 21.8 Å². The van der Waals surface area contributed by atoms with E-state index < -0.39 is 20.5 Å². The first-order valence-corrected chi connectivity index (χ1v) is 7.34.